The number of hydrogen-bond donors (Lipinski definition) is 1. The zero-order valence-corrected chi connectivity index (χ0v) is 16.2. The van der Waals surface area contributed by atoms with Crippen molar-refractivity contribution in [2.75, 3.05) is 24.3 Å². The van der Waals surface area contributed by atoms with Crippen molar-refractivity contribution in [1.29, 1.82) is 0 Å². The van der Waals surface area contributed by atoms with E-state index < -0.39 is 9.84 Å². The maximum atomic E-state index is 12.3. The Morgan fingerprint density at radius 3 is 2.40 bits per heavy atom. The Labute approximate surface area is 153 Å². The maximum Gasteiger partial charge on any atom is 0.232 e. The van der Waals surface area contributed by atoms with E-state index in [1.807, 2.05) is 11.9 Å². The summed E-state index contributed by atoms with van der Waals surface area (Å²) in [7, 11) is -0.952. The molecule has 0 bridgehead atoms. The SMILES string of the molecule is CN(C(=O)CSC1CC1)C1CC(NC(=O)C2CC3(C2)CS(=O)(=O)C3)C1. The first-order valence-corrected chi connectivity index (χ1v) is 12.0. The highest BCUT2D eigenvalue weighted by Gasteiger charge is 2.58. The van der Waals surface area contributed by atoms with Crippen molar-refractivity contribution in [3.05, 3.63) is 0 Å². The zero-order chi connectivity index (χ0) is 17.8. The molecule has 1 N–H and O–H groups in total. The van der Waals surface area contributed by atoms with Gasteiger partial charge in [-0.1, -0.05) is 0 Å². The lowest BCUT2D eigenvalue weighted by molar-refractivity contribution is -0.134. The topological polar surface area (TPSA) is 83.6 Å². The van der Waals surface area contributed by atoms with E-state index in [1.54, 1.807) is 11.8 Å². The predicted molar refractivity (Wildman–Crippen MR) is 97.0 cm³/mol. The lowest BCUT2D eigenvalue weighted by Gasteiger charge is -2.52. The molecule has 1 saturated heterocycles. The van der Waals surface area contributed by atoms with Gasteiger partial charge >= 0.3 is 0 Å². The third kappa shape index (κ3) is 3.70. The highest BCUT2D eigenvalue weighted by atomic mass is 32.2. The summed E-state index contributed by atoms with van der Waals surface area (Å²) in [6.45, 7) is 0. The highest BCUT2D eigenvalue weighted by molar-refractivity contribution is 8.00. The number of carbonyl (C=O) groups excluding carboxylic acids is 2. The highest BCUT2D eigenvalue weighted by Crippen LogP contribution is 2.53. The summed E-state index contributed by atoms with van der Waals surface area (Å²) in [5.41, 5.74) is -0.0884. The second-order valence-electron chi connectivity index (χ2n) is 8.48. The smallest absolute Gasteiger partial charge is 0.232 e. The third-order valence-corrected chi connectivity index (χ3v) is 9.61. The molecule has 140 valence electrons. The lowest BCUT2D eigenvalue weighted by Crippen LogP contribution is -2.61. The second-order valence-corrected chi connectivity index (χ2v) is 11.8. The van der Waals surface area contributed by atoms with Gasteiger partial charge in [-0.3, -0.25) is 9.59 Å². The van der Waals surface area contributed by atoms with Crippen molar-refractivity contribution < 1.29 is 18.0 Å². The van der Waals surface area contributed by atoms with Gasteiger partial charge in [0.05, 0.1) is 17.3 Å². The fourth-order valence-corrected chi connectivity index (χ4v) is 7.67. The molecule has 3 saturated carbocycles. The van der Waals surface area contributed by atoms with E-state index in [0.29, 0.717) is 23.8 Å². The van der Waals surface area contributed by atoms with Crippen LogP contribution in [0.5, 0.6) is 0 Å². The molecule has 6 nitrogen and oxygen atoms in total. The maximum absolute atomic E-state index is 12.3. The summed E-state index contributed by atoms with van der Waals surface area (Å²) in [5.74, 6) is 1.34. The Balaban J connectivity index is 1.14. The van der Waals surface area contributed by atoms with E-state index in [1.165, 1.54) is 12.8 Å². The zero-order valence-electron chi connectivity index (χ0n) is 14.6. The molecule has 1 spiro atoms. The number of nitrogens with one attached hydrogen (secondary N) is 1. The molecule has 3 aliphatic carbocycles. The number of amides is 2. The minimum atomic E-state index is -2.82. The number of carbonyl (C=O) groups is 2. The second kappa shape index (κ2) is 6.15. The van der Waals surface area contributed by atoms with Gasteiger partial charge in [0, 0.05) is 30.3 Å². The van der Waals surface area contributed by atoms with Gasteiger partial charge < -0.3 is 10.2 Å². The van der Waals surface area contributed by atoms with Crippen molar-refractivity contribution in [1.82, 2.24) is 10.2 Å². The molecule has 4 fully saturated rings. The molecular weight excluding hydrogens is 360 g/mol. The molecule has 2 amide bonds. The Morgan fingerprint density at radius 2 is 1.84 bits per heavy atom. The summed E-state index contributed by atoms with van der Waals surface area (Å²) in [6, 6.07) is 0.396. The summed E-state index contributed by atoms with van der Waals surface area (Å²) in [5, 5.41) is 3.77. The molecular formula is C17H26N2O4S2. The number of thioether (sulfide) groups is 1. The van der Waals surface area contributed by atoms with E-state index >= 15 is 0 Å². The van der Waals surface area contributed by atoms with Crippen LogP contribution in [-0.4, -0.2) is 66.8 Å². The van der Waals surface area contributed by atoms with Crippen molar-refractivity contribution in [2.45, 2.75) is 55.9 Å². The average Bonchev–Trinajstić information content (AvgIpc) is 3.25. The van der Waals surface area contributed by atoms with E-state index in [-0.39, 0.29) is 46.7 Å². The summed E-state index contributed by atoms with van der Waals surface area (Å²) < 4.78 is 22.6. The van der Waals surface area contributed by atoms with E-state index in [2.05, 4.69) is 5.32 Å². The van der Waals surface area contributed by atoms with Gasteiger partial charge in [-0.2, -0.15) is 0 Å². The summed E-state index contributed by atoms with van der Waals surface area (Å²) >= 11 is 1.76. The van der Waals surface area contributed by atoms with Crippen LogP contribution >= 0.6 is 11.8 Å². The van der Waals surface area contributed by atoms with Gasteiger partial charge in [0.2, 0.25) is 11.8 Å². The van der Waals surface area contributed by atoms with E-state index in [0.717, 1.165) is 12.8 Å². The van der Waals surface area contributed by atoms with Gasteiger partial charge in [-0.15, -0.1) is 11.8 Å². The quantitative estimate of drug-likeness (QED) is 0.730. The Morgan fingerprint density at radius 1 is 1.20 bits per heavy atom. The first-order chi connectivity index (χ1) is 11.8. The molecule has 1 heterocycles. The van der Waals surface area contributed by atoms with Crippen molar-refractivity contribution >= 4 is 33.4 Å². The van der Waals surface area contributed by atoms with E-state index in [4.69, 9.17) is 0 Å². The van der Waals surface area contributed by atoms with Crippen molar-refractivity contribution in [2.24, 2.45) is 11.3 Å². The Bertz CT molecular complexity index is 663. The Hall–Kier alpha value is -0.760. The largest absolute Gasteiger partial charge is 0.353 e. The fourth-order valence-electron chi connectivity index (χ4n) is 4.37. The van der Waals surface area contributed by atoms with Crippen LogP contribution in [0.4, 0.5) is 0 Å². The van der Waals surface area contributed by atoms with Crippen LogP contribution < -0.4 is 5.32 Å². The van der Waals surface area contributed by atoms with Gasteiger partial charge in [0.25, 0.3) is 0 Å². The molecule has 8 heteroatoms. The monoisotopic (exact) mass is 386 g/mol. The molecule has 0 atom stereocenters. The predicted octanol–water partition coefficient (Wildman–Crippen LogP) is 0.812. The average molecular weight is 387 g/mol. The van der Waals surface area contributed by atoms with Crippen LogP contribution in [0.15, 0.2) is 0 Å². The minimum absolute atomic E-state index is 0.0242. The van der Waals surface area contributed by atoms with Crippen molar-refractivity contribution in [3.63, 3.8) is 0 Å². The molecule has 25 heavy (non-hydrogen) atoms. The molecule has 0 unspecified atom stereocenters. The van der Waals surface area contributed by atoms with Crippen LogP contribution in [0.2, 0.25) is 0 Å². The first kappa shape index (κ1) is 17.6. The molecule has 0 radical (unpaired) electrons. The molecule has 0 aromatic rings. The third-order valence-electron chi connectivity index (χ3n) is 6.15. The molecule has 1 aliphatic heterocycles. The van der Waals surface area contributed by atoms with Gasteiger partial charge in [-0.25, -0.2) is 8.42 Å². The first-order valence-electron chi connectivity index (χ1n) is 9.13. The number of hydrogen-bond acceptors (Lipinski definition) is 5. The van der Waals surface area contributed by atoms with Crippen molar-refractivity contribution in [3.8, 4) is 0 Å². The van der Waals surface area contributed by atoms with Crippen LogP contribution in [-0.2, 0) is 19.4 Å². The standard InChI is InChI=1S/C17H26N2O4S2/c1-19(15(20)8-24-14-2-3-14)13-4-12(5-13)18-16(21)11-6-17(7-11)9-25(22,23)10-17/h11-14H,2-10H2,1H3,(H,18,21). The number of nitrogens with zero attached hydrogens (tertiary/aromatic N) is 1. The number of sulfone groups is 1. The van der Waals surface area contributed by atoms with Crippen LogP contribution in [0.1, 0.15) is 38.5 Å². The molecule has 4 aliphatic rings. The minimum Gasteiger partial charge on any atom is -0.353 e. The van der Waals surface area contributed by atoms with Gasteiger partial charge in [0.1, 0.15) is 0 Å². The van der Waals surface area contributed by atoms with Crippen LogP contribution in [0, 0.1) is 11.3 Å². The summed E-state index contributed by atoms with van der Waals surface area (Å²) in [6.07, 6.45) is 5.57. The number of rotatable bonds is 6. The summed E-state index contributed by atoms with van der Waals surface area (Å²) in [4.78, 5) is 26.2. The van der Waals surface area contributed by atoms with Crippen LogP contribution in [0.25, 0.3) is 0 Å². The molecule has 4 rings (SSSR count). The normalized spacial score (nSPS) is 32.2. The van der Waals surface area contributed by atoms with Gasteiger partial charge in [-0.05, 0) is 43.9 Å². The fraction of sp³-hybridized carbons (Fsp3) is 0.882. The molecule has 0 aromatic carbocycles. The Kier molecular flexibility index (Phi) is 4.34. The van der Waals surface area contributed by atoms with Gasteiger partial charge in [0.15, 0.2) is 9.84 Å². The molecule has 0 aromatic heterocycles. The van der Waals surface area contributed by atoms with E-state index in [9.17, 15) is 18.0 Å². The van der Waals surface area contributed by atoms with Crippen LogP contribution in [0.3, 0.4) is 0 Å². The lowest BCUT2D eigenvalue weighted by atomic mass is 9.63.